The van der Waals surface area contributed by atoms with Gasteiger partial charge in [-0.1, -0.05) is 60.7 Å². The van der Waals surface area contributed by atoms with Crippen LogP contribution in [0.2, 0.25) is 0 Å². The number of rotatable bonds is 9. The van der Waals surface area contributed by atoms with Gasteiger partial charge >= 0.3 is 5.97 Å². The fourth-order valence-electron chi connectivity index (χ4n) is 4.10. The Balaban J connectivity index is 1.45. The van der Waals surface area contributed by atoms with Crippen LogP contribution in [0.15, 0.2) is 89.3 Å². The predicted molar refractivity (Wildman–Crippen MR) is 134 cm³/mol. The Bertz CT molecular complexity index is 1440. The number of aliphatic carboxylic acids is 1. The standard InChI is InChI=1S/C29H25NO4/c31-28(32)13-5-2-8-16-33-27-19-22-12-7-6-11-21(22)17-24(27)29-30-25-18-23(14-15-26(25)34-29)20-9-3-1-4-10-20/h1,3-4,6-7,9-12,14-15,17-19H,2,5,8,13,16H2,(H,31,32). The second-order valence-electron chi connectivity index (χ2n) is 8.32. The summed E-state index contributed by atoms with van der Waals surface area (Å²) >= 11 is 0. The lowest BCUT2D eigenvalue weighted by Gasteiger charge is -2.11. The molecule has 5 nitrogen and oxygen atoms in total. The van der Waals surface area contributed by atoms with Crippen LogP contribution in [-0.2, 0) is 4.79 Å². The van der Waals surface area contributed by atoms with Gasteiger partial charge < -0.3 is 14.3 Å². The minimum Gasteiger partial charge on any atom is -0.493 e. The summed E-state index contributed by atoms with van der Waals surface area (Å²) in [5.41, 5.74) is 4.55. The van der Waals surface area contributed by atoms with E-state index in [2.05, 4.69) is 30.3 Å². The van der Waals surface area contributed by atoms with E-state index in [4.69, 9.17) is 19.2 Å². The zero-order valence-corrected chi connectivity index (χ0v) is 18.7. The molecule has 5 heteroatoms. The van der Waals surface area contributed by atoms with E-state index in [-0.39, 0.29) is 6.42 Å². The molecule has 0 saturated carbocycles. The van der Waals surface area contributed by atoms with Crippen LogP contribution >= 0.6 is 0 Å². The summed E-state index contributed by atoms with van der Waals surface area (Å²) in [7, 11) is 0. The van der Waals surface area contributed by atoms with Gasteiger partial charge in [0.2, 0.25) is 5.89 Å². The van der Waals surface area contributed by atoms with E-state index in [9.17, 15) is 4.79 Å². The molecule has 0 atom stereocenters. The van der Waals surface area contributed by atoms with E-state index in [1.807, 2.05) is 54.6 Å². The van der Waals surface area contributed by atoms with Crippen LogP contribution < -0.4 is 4.74 Å². The second-order valence-corrected chi connectivity index (χ2v) is 8.32. The molecule has 34 heavy (non-hydrogen) atoms. The molecule has 5 rings (SSSR count). The highest BCUT2D eigenvalue weighted by Crippen LogP contribution is 2.36. The molecular formula is C29H25NO4. The van der Waals surface area contributed by atoms with Gasteiger partial charge in [0.25, 0.3) is 0 Å². The normalized spacial score (nSPS) is 11.2. The molecule has 0 bridgehead atoms. The van der Waals surface area contributed by atoms with Crippen LogP contribution in [0.1, 0.15) is 25.7 Å². The second kappa shape index (κ2) is 9.79. The molecule has 1 aromatic heterocycles. The lowest BCUT2D eigenvalue weighted by atomic mass is 10.1. The number of ether oxygens (including phenoxy) is 1. The molecule has 0 amide bonds. The van der Waals surface area contributed by atoms with Crippen molar-refractivity contribution in [2.75, 3.05) is 6.61 Å². The number of carboxylic acid groups (broad SMARTS) is 1. The van der Waals surface area contributed by atoms with E-state index < -0.39 is 5.97 Å². The Morgan fingerprint density at radius 2 is 1.59 bits per heavy atom. The van der Waals surface area contributed by atoms with Gasteiger partial charge in [-0.05, 0) is 65.4 Å². The van der Waals surface area contributed by atoms with E-state index in [1.54, 1.807) is 0 Å². The first-order valence-corrected chi connectivity index (χ1v) is 11.5. The number of carbonyl (C=O) groups is 1. The van der Waals surface area contributed by atoms with Gasteiger partial charge in [-0.25, -0.2) is 4.98 Å². The van der Waals surface area contributed by atoms with Crippen molar-refractivity contribution in [2.45, 2.75) is 25.7 Å². The number of nitrogens with zero attached hydrogens (tertiary/aromatic N) is 1. The quantitative estimate of drug-likeness (QED) is 0.237. The summed E-state index contributed by atoms with van der Waals surface area (Å²) in [5.74, 6) is 0.475. The smallest absolute Gasteiger partial charge is 0.303 e. The summed E-state index contributed by atoms with van der Waals surface area (Å²) in [6, 6.07) is 28.4. The average molecular weight is 452 g/mol. The third kappa shape index (κ3) is 4.79. The number of fused-ring (bicyclic) bond motifs is 2. The van der Waals surface area contributed by atoms with Crippen molar-refractivity contribution in [1.82, 2.24) is 4.98 Å². The molecule has 0 saturated heterocycles. The Labute approximate surface area is 197 Å². The number of unbranched alkanes of at least 4 members (excludes halogenated alkanes) is 2. The largest absolute Gasteiger partial charge is 0.493 e. The molecule has 1 heterocycles. The molecule has 0 radical (unpaired) electrons. The molecule has 0 fully saturated rings. The SMILES string of the molecule is O=C(O)CCCCCOc1cc2ccccc2cc1-c1nc2cc(-c3ccccc3)ccc2o1. The molecule has 4 aromatic carbocycles. The average Bonchev–Trinajstić information content (AvgIpc) is 3.29. The van der Waals surface area contributed by atoms with Gasteiger partial charge in [0.15, 0.2) is 5.58 Å². The third-order valence-electron chi connectivity index (χ3n) is 5.87. The minimum absolute atomic E-state index is 0.190. The predicted octanol–water partition coefficient (Wildman–Crippen LogP) is 7.34. The number of carboxylic acids is 1. The van der Waals surface area contributed by atoms with Gasteiger partial charge in [0.05, 0.1) is 12.2 Å². The Kier molecular flexibility index (Phi) is 6.25. The number of hydrogen-bond acceptors (Lipinski definition) is 4. The summed E-state index contributed by atoms with van der Waals surface area (Å²) in [6.45, 7) is 0.503. The number of oxazole rings is 1. The summed E-state index contributed by atoms with van der Waals surface area (Å²) in [6.07, 6.45) is 2.43. The number of aromatic nitrogens is 1. The van der Waals surface area contributed by atoms with Gasteiger partial charge in [0, 0.05) is 6.42 Å². The maximum absolute atomic E-state index is 10.7. The molecule has 170 valence electrons. The zero-order chi connectivity index (χ0) is 23.3. The van der Waals surface area contributed by atoms with Gasteiger partial charge in [0.1, 0.15) is 11.3 Å². The van der Waals surface area contributed by atoms with Crippen molar-refractivity contribution in [3.05, 3.63) is 84.9 Å². The highest BCUT2D eigenvalue weighted by atomic mass is 16.5. The molecule has 0 aliphatic heterocycles. The molecular weight excluding hydrogens is 426 g/mol. The molecule has 0 aliphatic rings. The molecule has 5 aromatic rings. The summed E-state index contributed by atoms with van der Waals surface area (Å²) in [5, 5.41) is 11.0. The monoisotopic (exact) mass is 451 g/mol. The van der Waals surface area contributed by atoms with E-state index in [1.165, 1.54) is 0 Å². The lowest BCUT2D eigenvalue weighted by Crippen LogP contribution is -2.00. The first-order valence-electron chi connectivity index (χ1n) is 11.5. The molecule has 0 unspecified atom stereocenters. The summed E-state index contributed by atoms with van der Waals surface area (Å²) in [4.78, 5) is 15.5. The highest BCUT2D eigenvalue weighted by Gasteiger charge is 2.16. The van der Waals surface area contributed by atoms with Crippen molar-refractivity contribution >= 4 is 27.8 Å². The molecule has 0 spiro atoms. The van der Waals surface area contributed by atoms with Crippen molar-refractivity contribution in [1.29, 1.82) is 0 Å². The Morgan fingerprint density at radius 3 is 2.38 bits per heavy atom. The van der Waals surface area contributed by atoms with E-state index in [0.717, 1.165) is 51.4 Å². The maximum Gasteiger partial charge on any atom is 0.303 e. The number of hydrogen-bond donors (Lipinski definition) is 1. The summed E-state index contributed by atoms with van der Waals surface area (Å²) < 4.78 is 12.3. The van der Waals surface area contributed by atoms with Crippen LogP contribution in [-0.4, -0.2) is 22.7 Å². The van der Waals surface area contributed by atoms with Crippen LogP contribution in [0.5, 0.6) is 5.75 Å². The highest BCUT2D eigenvalue weighted by molar-refractivity contribution is 5.90. The van der Waals surface area contributed by atoms with Crippen molar-refractivity contribution in [3.8, 4) is 28.3 Å². The van der Waals surface area contributed by atoms with Crippen LogP contribution in [0.4, 0.5) is 0 Å². The minimum atomic E-state index is -0.760. The van der Waals surface area contributed by atoms with Gasteiger partial charge in [-0.2, -0.15) is 0 Å². The van der Waals surface area contributed by atoms with Gasteiger partial charge in [-0.3, -0.25) is 4.79 Å². The Morgan fingerprint density at radius 1 is 0.824 bits per heavy atom. The maximum atomic E-state index is 10.7. The van der Waals surface area contributed by atoms with Crippen LogP contribution in [0.25, 0.3) is 44.5 Å². The van der Waals surface area contributed by atoms with Gasteiger partial charge in [-0.15, -0.1) is 0 Å². The Hall–Kier alpha value is -4.12. The van der Waals surface area contributed by atoms with E-state index >= 15 is 0 Å². The van der Waals surface area contributed by atoms with Crippen LogP contribution in [0, 0.1) is 0 Å². The fourth-order valence-corrected chi connectivity index (χ4v) is 4.10. The topological polar surface area (TPSA) is 72.6 Å². The van der Waals surface area contributed by atoms with E-state index in [0.29, 0.717) is 24.7 Å². The van der Waals surface area contributed by atoms with Crippen LogP contribution in [0.3, 0.4) is 0 Å². The zero-order valence-electron chi connectivity index (χ0n) is 18.7. The lowest BCUT2D eigenvalue weighted by molar-refractivity contribution is -0.137. The molecule has 1 N–H and O–H groups in total. The fraction of sp³-hybridized carbons (Fsp3) is 0.172. The molecule has 0 aliphatic carbocycles. The van der Waals surface area contributed by atoms with Crippen molar-refractivity contribution in [2.24, 2.45) is 0 Å². The third-order valence-corrected chi connectivity index (χ3v) is 5.87. The first kappa shape index (κ1) is 21.7. The van der Waals surface area contributed by atoms with Crippen molar-refractivity contribution < 1.29 is 19.1 Å². The van der Waals surface area contributed by atoms with Crippen molar-refractivity contribution in [3.63, 3.8) is 0 Å². The number of benzene rings is 4. The first-order chi connectivity index (χ1) is 16.7.